The average Bonchev–Trinajstić information content (AvgIpc) is 3.06. The van der Waals surface area contributed by atoms with Gasteiger partial charge in [0.15, 0.2) is 0 Å². The minimum absolute atomic E-state index is 0.103. The van der Waals surface area contributed by atoms with E-state index in [1.54, 1.807) is 12.5 Å². The molecule has 2 rings (SSSR count). The predicted octanol–water partition coefficient (Wildman–Crippen LogP) is 0.446. The summed E-state index contributed by atoms with van der Waals surface area (Å²) in [4.78, 5) is 18.5. The highest BCUT2D eigenvalue weighted by atomic mass is 16.1. The maximum atomic E-state index is 12.1. The molecule has 112 valence electrons. The smallest absolute Gasteiger partial charge is 0.271 e. The van der Waals surface area contributed by atoms with Gasteiger partial charge >= 0.3 is 0 Å². The number of hydrogen-bond donors (Lipinski definition) is 2. The van der Waals surface area contributed by atoms with E-state index in [2.05, 4.69) is 29.3 Å². The molecule has 0 aliphatic heterocycles. The second-order valence-corrected chi connectivity index (χ2v) is 5.79. The molecule has 3 N–H and O–H groups in total. The lowest BCUT2D eigenvalue weighted by Crippen LogP contribution is -2.50. The summed E-state index contributed by atoms with van der Waals surface area (Å²) < 4.78 is 1.84. The average molecular weight is 279 g/mol. The highest BCUT2D eigenvalue weighted by molar-refractivity contribution is 5.92. The lowest BCUT2D eigenvalue weighted by molar-refractivity contribution is 0.0895. The molecule has 1 heterocycles. The number of hydrogen-bond acceptors (Lipinski definition) is 4. The van der Waals surface area contributed by atoms with Crippen LogP contribution in [0.25, 0.3) is 0 Å². The second kappa shape index (κ2) is 6.37. The zero-order valence-electron chi connectivity index (χ0n) is 12.4. The van der Waals surface area contributed by atoms with Crippen LogP contribution in [-0.2, 0) is 6.54 Å². The van der Waals surface area contributed by atoms with E-state index in [0.29, 0.717) is 25.3 Å². The highest BCUT2D eigenvalue weighted by Crippen LogP contribution is 2.33. The second-order valence-electron chi connectivity index (χ2n) is 5.79. The molecule has 0 bridgehead atoms. The largest absolute Gasteiger partial charge is 0.349 e. The first kappa shape index (κ1) is 15.0. The normalized spacial score (nSPS) is 17.6. The Labute approximate surface area is 120 Å². The number of carbonyl (C=O) groups excluding carboxylic acids is 1. The van der Waals surface area contributed by atoms with Gasteiger partial charge in [-0.15, -0.1) is 0 Å². The maximum Gasteiger partial charge on any atom is 0.271 e. The van der Waals surface area contributed by atoms with Gasteiger partial charge < -0.3 is 20.5 Å². The molecule has 0 saturated heterocycles. The molecular weight excluding hydrogens is 254 g/mol. The van der Waals surface area contributed by atoms with Crippen molar-refractivity contribution >= 4 is 5.91 Å². The first-order valence-electron chi connectivity index (χ1n) is 7.25. The third kappa shape index (κ3) is 3.19. The van der Waals surface area contributed by atoms with Crippen LogP contribution in [0.3, 0.4) is 0 Å². The van der Waals surface area contributed by atoms with E-state index >= 15 is 0 Å². The molecule has 1 amide bonds. The van der Waals surface area contributed by atoms with E-state index in [0.717, 1.165) is 12.8 Å². The van der Waals surface area contributed by atoms with Crippen LogP contribution in [0.4, 0.5) is 0 Å². The fourth-order valence-electron chi connectivity index (χ4n) is 2.90. The molecule has 1 fully saturated rings. The molecule has 1 saturated carbocycles. The molecule has 6 heteroatoms. The van der Waals surface area contributed by atoms with Gasteiger partial charge in [-0.05, 0) is 26.9 Å². The molecule has 1 aliphatic rings. The Morgan fingerprint density at radius 1 is 1.50 bits per heavy atom. The van der Waals surface area contributed by atoms with Gasteiger partial charge in [0, 0.05) is 31.4 Å². The summed E-state index contributed by atoms with van der Waals surface area (Å²) in [5, 5.41) is 3.03. The Bertz CT molecular complexity index is 448. The number of carbonyl (C=O) groups is 1. The van der Waals surface area contributed by atoms with Gasteiger partial charge in [0.05, 0.1) is 6.33 Å². The quantitative estimate of drug-likeness (QED) is 0.792. The Kier molecular flexibility index (Phi) is 4.77. The lowest BCUT2D eigenvalue weighted by Gasteiger charge is -2.36. The predicted molar refractivity (Wildman–Crippen MR) is 78.5 cm³/mol. The van der Waals surface area contributed by atoms with E-state index in [4.69, 9.17) is 5.73 Å². The molecule has 1 aromatic rings. The van der Waals surface area contributed by atoms with Gasteiger partial charge in [-0.3, -0.25) is 4.79 Å². The Morgan fingerprint density at radius 3 is 2.80 bits per heavy atom. The van der Waals surface area contributed by atoms with Crippen LogP contribution in [0.15, 0.2) is 12.5 Å². The van der Waals surface area contributed by atoms with Crippen molar-refractivity contribution in [3.63, 3.8) is 0 Å². The number of nitrogens with zero attached hydrogens (tertiary/aromatic N) is 3. The molecule has 1 aromatic heterocycles. The van der Waals surface area contributed by atoms with E-state index in [9.17, 15) is 4.79 Å². The monoisotopic (exact) mass is 279 g/mol. The summed E-state index contributed by atoms with van der Waals surface area (Å²) in [6, 6.07) is 0. The zero-order chi connectivity index (χ0) is 14.6. The van der Waals surface area contributed by atoms with Crippen molar-refractivity contribution in [2.24, 2.45) is 5.73 Å². The van der Waals surface area contributed by atoms with Crippen molar-refractivity contribution in [2.45, 2.75) is 37.8 Å². The van der Waals surface area contributed by atoms with Crippen LogP contribution in [-0.4, -0.2) is 53.1 Å². The number of nitrogens with one attached hydrogen (secondary N) is 1. The van der Waals surface area contributed by atoms with Crippen LogP contribution in [0.1, 0.15) is 36.2 Å². The number of nitrogens with two attached hydrogens (primary N) is 1. The van der Waals surface area contributed by atoms with Gasteiger partial charge in [0.1, 0.15) is 5.69 Å². The molecule has 20 heavy (non-hydrogen) atoms. The van der Waals surface area contributed by atoms with Crippen molar-refractivity contribution in [3.8, 4) is 0 Å². The van der Waals surface area contributed by atoms with Crippen molar-refractivity contribution in [3.05, 3.63) is 18.2 Å². The summed E-state index contributed by atoms with van der Waals surface area (Å²) in [6.45, 7) is 1.91. The van der Waals surface area contributed by atoms with Crippen molar-refractivity contribution in [2.75, 3.05) is 27.2 Å². The number of amides is 1. The fourth-order valence-corrected chi connectivity index (χ4v) is 2.90. The van der Waals surface area contributed by atoms with Crippen LogP contribution in [0.2, 0.25) is 0 Å². The highest BCUT2D eigenvalue weighted by Gasteiger charge is 2.36. The lowest BCUT2D eigenvalue weighted by atomic mass is 9.96. The molecule has 6 nitrogen and oxygen atoms in total. The van der Waals surface area contributed by atoms with Gasteiger partial charge in [-0.2, -0.15) is 0 Å². The molecule has 1 aliphatic carbocycles. The standard InChI is InChI=1S/C14H25N5O/c1-18(2)14(5-3-4-6-14)10-16-13(20)12-9-19(8-7-15)11-17-12/h9,11H,3-8,10,15H2,1-2H3,(H,16,20). The summed E-state index contributed by atoms with van der Waals surface area (Å²) in [5.74, 6) is -0.103. The van der Waals surface area contributed by atoms with E-state index in [-0.39, 0.29) is 11.4 Å². The third-order valence-corrected chi connectivity index (χ3v) is 4.31. The van der Waals surface area contributed by atoms with Crippen LogP contribution >= 0.6 is 0 Å². The summed E-state index contributed by atoms with van der Waals surface area (Å²) in [6.07, 6.45) is 8.15. The van der Waals surface area contributed by atoms with Crippen molar-refractivity contribution in [1.29, 1.82) is 0 Å². The molecular formula is C14H25N5O. The van der Waals surface area contributed by atoms with Gasteiger partial charge in [0.25, 0.3) is 5.91 Å². The van der Waals surface area contributed by atoms with Crippen LogP contribution in [0.5, 0.6) is 0 Å². The van der Waals surface area contributed by atoms with Gasteiger partial charge in [0.2, 0.25) is 0 Å². The minimum Gasteiger partial charge on any atom is -0.349 e. The Balaban J connectivity index is 1.93. The first-order chi connectivity index (χ1) is 9.57. The zero-order valence-corrected chi connectivity index (χ0v) is 12.4. The van der Waals surface area contributed by atoms with E-state index < -0.39 is 0 Å². The number of likely N-dealkylation sites (N-methyl/N-ethyl adjacent to an activating group) is 1. The number of rotatable bonds is 6. The number of imidazole rings is 1. The molecule has 0 unspecified atom stereocenters. The van der Waals surface area contributed by atoms with Crippen molar-refractivity contribution < 1.29 is 4.79 Å². The summed E-state index contributed by atoms with van der Waals surface area (Å²) in [7, 11) is 4.18. The molecule has 0 aromatic carbocycles. The van der Waals surface area contributed by atoms with E-state index in [1.807, 2.05) is 4.57 Å². The summed E-state index contributed by atoms with van der Waals surface area (Å²) in [5.41, 5.74) is 6.05. The molecule has 0 radical (unpaired) electrons. The van der Waals surface area contributed by atoms with Gasteiger partial charge in [-0.25, -0.2) is 4.98 Å². The first-order valence-corrected chi connectivity index (χ1v) is 7.25. The third-order valence-electron chi connectivity index (χ3n) is 4.31. The van der Waals surface area contributed by atoms with Crippen LogP contribution in [0, 0.1) is 0 Å². The Morgan fingerprint density at radius 2 is 2.20 bits per heavy atom. The Hall–Kier alpha value is -1.40. The van der Waals surface area contributed by atoms with E-state index in [1.165, 1.54) is 12.8 Å². The fraction of sp³-hybridized carbons (Fsp3) is 0.714. The van der Waals surface area contributed by atoms with Crippen molar-refractivity contribution in [1.82, 2.24) is 19.8 Å². The number of aromatic nitrogens is 2. The molecule has 0 spiro atoms. The summed E-state index contributed by atoms with van der Waals surface area (Å²) >= 11 is 0. The van der Waals surface area contributed by atoms with Gasteiger partial charge in [-0.1, -0.05) is 12.8 Å². The topological polar surface area (TPSA) is 76.2 Å². The van der Waals surface area contributed by atoms with Crippen LogP contribution < -0.4 is 11.1 Å². The molecule has 0 atom stereocenters. The maximum absolute atomic E-state index is 12.1. The SMILES string of the molecule is CN(C)C1(CNC(=O)c2cn(CCN)cn2)CCCC1. The minimum atomic E-state index is -0.103.